The fourth-order valence-corrected chi connectivity index (χ4v) is 2.39. The van der Waals surface area contributed by atoms with E-state index in [1.165, 1.54) is 6.08 Å². The predicted molar refractivity (Wildman–Crippen MR) is 147 cm³/mol. The molecule has 0 aromatic carbocycles. The summed E-state index contributed by atoms with van der Waals surface area (Å²) in [5.74, 6) is -1.22. The lowest BCUT2D eigenvalue weighted by molar-refractivity contribution is -0.125. The van der Waals surface area contributed by atoms with Crippen LogP contribution in [-0.4, -0.2) is 77.6 Å². The van der Waals surface area contributed by atoms with Crippen molar-refractivity contribution in [3.05, 3.63) is 11.6 Å². The second-order valence-electron chi connectivity index (χ2n) is 9.33. The first kappa shape index (κ1) is 39.6. The lowest BCUT2D eigenvalue weighted by Crippen LogP contribution is -2.49. The second-order valence-corrected chi connectivity index (χ2v) is 9.33. The average molecular weight is 541 g/mol. The van der Waals surface area contributed by atoms with Crippen molar-refractivity contribution in [1.82, 2.24) is 21.3 Å². The van der Waals surface area contributed by atoms with Crippen LogP contribution in [0.1, 0.15) is 74.7 Å². The summed E-state index contributed by atoms with van der Waals surface area (Å²) >= 11 is 0. The predicted octanol–water partition coefficient (Wildman–Crippen LogP) is 0.176. The van der Waals surface area contributed by atoms with Crippen LogP contribution in [0.3, 0.4) is 0 Å². The number of hydrogen-bond acceptors (Lipinski definition) is 8. The standard InChI is InChI=1S/C9H14N2O.C8H17BN2O4.C8H17NO2/c1-3-5-6-11-9(12)8(4-2)7-10;1-6(2)3-7(9(14)15)11-8(13)4-10-5-12;1-5(2)8(11)9-6(3)7(4)10/h4H,3,5-6H2,1-2H3,(H,11,12);5-7,14-15H,3-4H2,1-2H3,(H,10,12)(H,11,13);5-7,10H,1-4H3,(H,9,11)/b8-4+;;. The van der Waals surface area contributed by atoms with E-state index in [0.29, 0.717) is 19.4 Å². The van der Waals surface area contributed by atoms with Crippen LogP contribution in [0, 0.1) is 23.2 Å². The second kappa shape index (κ2) is 24.4. The average Bonchev–Trinajstić information content (AvgIpc) is 2.83. The molecule has 0 radical (unpaired) electrons. The Morgan fingerprint density at radius 2 is 1.63 bits per heavy atom. The first-order chi connectivity index (χ1) is 17.7. The Labute approximate surface area is 227 Å². The van der Waals surface area contributed by atoms with Gasteiger partial charge < -0.3 is 36.4 Å². The molecule has 4 amide bonds. The maximum absolute atomic E-state index is 11.1. The van der Waals surface area contributed by atoms with Crippen LogP contribution >= 0.6 is 0 Å². The van der Waals surface area contributed by atoms with Crippen molar-refractivity contribution in [2.24, 2.45) is 11.8 Å². The van der Waals surface area contributed by atoms with Crippen LogP contribution in [-0.2, 0) is 19.2 Å². The van der Waals surface area contributed by atoms with Crippen molar-refractivity contribution in [1.29, 1.82) is 5.26 Å². The zero-order chi connectivity index (χ0) is 30.3. The summed E-state index contributed by atoms with van der Waals surface area (Å²) in [5.41, 5.74) is 0.186. The lowest BCUT2D eigenvalue weighted by Gasteiger charge is -2.19. The number of rotatable bonds is 14. The molecule has 0 heterocycles. The number of allylic oxidation sites excluding steroid dienone is 1. The van der Waals surface area contributed by atoms with Crippen molar-refractivity contribution in [2.75, 3.05) is 13.1 Å². The Morgan fingerprint density at radius 3 is 2.00 bits per heavy atom. The van der Waals surface area contributed by atoms with Gasteiger partial charge in [-0.1, -0.05) is 47.1 Å². The van der Waals surface area contributed by atoms with Crippen molar-refractivity contribution >= 4 is 31.3 Å². The molecule has 7 N–H and O–H groups in total. The number of unbranched alkanes of at least 4 members (excludes halogenated alkanes) is 1. The highest BCUT2D eigenvalue weighted by Crippen LogP contribution is 2.05. The number of carbonyl (C=O) groups is 4. The van der Waals surface area contributed by atoms with E-state index < -0.39 is 25.1 Å². The number of aliphatic hydroxyl groups excluding tert-OH is 1. The van der Waals surface area contributed by atoms with Crippen molar-refractivity contribution < 1.29 is 34.3 Å². The van der Waals surface area contributed by atoms with Crippen molar-refractivity contribution in [3.63, 3.8) is 0 Å². The number of aliphatic hydroxyl groups is 1. The van der Waals surface area contributed by atoms with E-state index >= 15 is 0 Å². The first-order valence-electron chi connectivity index (χ1n) is 12.8. The largest absolute Gasteiger partial charge is 0.475 e. The highest BCUT2D eigenvalue weighted by Gasteiger charge is 2.25. The minimum Gasteiger partial charge on any atom is -0.426 e. The van der Waals surface area contributed by atoms with Crippen molar-refractivity contribution in [2.45, 2.75) is 92.7 Å². The molecule has 0 saturated heterocycles. The van der Waals surface area contributed by atoms with Gasteiger partial charge in [-0.15, -0.1) is 0 Å². The zero-order valence-electron chi connectivity index (χ0n) is 24.1. The van der Waals surface area contributed by atoms with Crippen LogP contribution in [0.2, 0.25) is 0 Å². The minimum atomic E-state index is -1.59. The van der Waals surface area contributed by atoms with Gasteiger partial charge in [0.15, 0.2) is 0 Å². The molecule has 0 spiro atoms. The Morgan fingerprint density at radius 1 is 1.05 bits per heavy atom. The van der Waals surface area contributed by atoms with E-state index in [0.717, 1.165) is 12.8 Å². The summed E-state index contributed by atoms with van der Waals surface area (Å²) < 4.78 is 0. The summed E-state index contributed by atoms with van der Waals surface area (Å²) in [7, 11) is -1.59. The number of nitrogens with one attached hydrogen (secondary N) is 4. The Balaban J connectivity index is -0.000000491. The molecule has 3 unspecified atom stereocenters. The molecule has 13 heteroatoms. The van der Waals surface area contributed by atoms with Crippen LogP contribution < -0.4 is 21.3 Å². The molecule has 0 aromatic rings. The number of carbonyl (C=O) groups excluding carboxylic acids is 4. The first-order valence-corrected chi connectivity index (χ1v) is 12.8. The summed E-state index contributed by atoms with van der Waals surface area (Å²) in [5, 5.41) is 45.4. The topological polar surface area (TPSA) is 201 Å². The number of hydrogen-bond donors (Lipinski definition) is 7. The van der Waals surface area contributed by atoms with Crippen LogP contribution in [0.25, 0.3) is 0 Å². The van der Waals surface area contributed by atoms with Gasteiger partial charge >= 0.3 is 7.12 Å². The smallest absolute Gasteiger partial charge is 0.426 e. The third-order valence-electron chi connectivity index (χ3n) is 4.87. The molecule has 38 heavy (non-hydrogen) atoms. The Hall–Kier alpha value is -2.95. The fourth-order valence-electron chi connectivity index (χ4n) is 2.39. The monoisotopic (exact) mass is 541 g/mol. The van der Waals surface area contributed by atoms with Gasteiger partial charge in [-0.25, -0.2) is 0 Å². The maximum Gasteiger partial charge on any atom is 0.475 e. The van der Waals surface area contributed by atoms with Crippen LogP contribution in [0.5, 0.6) is 0 Å². The van der Waals surface area contributed by atoms with Gasteiger partial charge in [0.2, 0.25) is 18.2 Å². The van der Waals surface area contributed by atoms with Gasteiger partial charge in [-0.2, -0.15) is 5.26 Å². The third kappa shape index (κ3) is 23.5. The van der Waals surface area contributed by atoms with E-state index in [1.807, 2.05) is 40.7 Å². The van der Waals surface area contributed by atoms with E-state index in [-0.39, 0.29) is 41.8 Å². The summed E-state index contributed by atoms with van der Waals surface area (Å²) in [6, 6.07) is 1.67. The fraction of sp³-hybridized carbons (Fsp3) is 0.720. The molecule has 218 valence electrons. The molecule has 0 fully saturated rings. The molecule has 0 saturated carbocycles. The summed E-state index contributed by atoms with van der Waals surface area (Å²) in [6.07, 6.45) is 3.89. The number of nitriles is 1. The zero-order valence-corrected chi connectivity index (χ0v) is 24.1. The molecule has 3 atom stereocenters. The number of amides is 4. The molecule has 0 aliphatic rings. The highest BCUT2D eigenvalue weighted by molar-refractivity contribution is 6.43. The molecular weight excluding hydrogens is 493 g/mol. The Bertz CT molecular complexity index is 753. The van der Waals surface area contributed by atoms with Gasteiger partial charge in [-0.05, 0) is 39.5 Å². The molecule has 12 nitrogen and oxygen atoms in total. The molecule has 0 aliphatic carbocycles. The van der Waals surface area contributed by atoms with Crippen molar-refractivity contribution in [3.8, 4) is 6.07 Å². The lowest BCUT2D eigenvalue weighted by atomic mass is 9.75. The van der Waals surface area contributed by atoms with Crippen LogP contribution in [0.4, 0.5) is 0 Å². The van der Waals surface area contributed by atoms with E-state index in [4.69, 9.17) is 20.4 Å². The minimum absolute atomic E-state index is 0.0154. The summed E-state index contributed by atoms with van der Waals surface area (Å²) in [6.45, 7) is 15.1. The van der Waals surface area contributed by atoms with Gasteiger partial charge in [0.25, 0.3) is 5.91 Å². The molecule has 0 rings (SSSR count). The Kier molecular flexibility index (Phi) is 25.4. The SMILES string of the molecule is C/C=C(\C#N)C(=O)NCCCC.CC(C)C(=O)NC(C)C(C)O.CC(C)CC(NC(=O)CNC=O)B(O)O. The molecule has 0 bridgehead atoms. The van der Waals surface area contributed by atoms with Gasteiger partial charge in [0.05, 0.1) is 24.6 Å². The maximum atomic E-state index is 11.1. The van der Waals surface area contributed by atoms with E-state index in [1.54, 1.807) is 20.8 Å². The van der Waals surface area contributed by atoms with Gasteiger partial charge in [0, 0.05) is 12.5 Å². The molecule has 0 aliphatic heterocycles. The quantitative estimate of drug-likeness (QED) is 0.0530. The van der Waals surface area contributed by atoms with E-state index in [2.05, 4.69) is 21.3 Å². The highest BCUT2D eigenvalue weighted by atomic mass is 16.4. The van der Waals surface area contributed by atoms with E-state index in [9.17, 15) is 19.2 Å². The summed E-state index contributed by atoms with van der Waals surface area (Å²) in [4.78, 5) is 43.2. The normalized spacial score (nSPS) is 12.8. The molecule has 0 aromatic heterocycles. The third-order valence-corrected chi connectivity index (χ3v) is 4.87. The number of nitrogens with zero attached hydrogens (tertiary/aromatic N) is 1. The van der Waals surface area contributed by atoms with Gasteiger partial charge in [0.1, 0.15) is 11.6 Å². The van der Waals surface area contributed by atoms with Gasteiger partial charge in [-0.3, -0.25) is 19.2 Å². The molecular formula is C25H48BN5O7. The van der Waals surface area contributed by atoms with Crippen LogP contribution in [0.15, 0.2) is 11.6 Å².